The molecule has 1 atom stereocenters. The van der Waals surface area contributed by atoms with Crippen molar-refractivity contribution in [2.45, 2.75) is 42.8 Å². The molecule has 114 valence electrons. The summed E-state index contributed by atoms with van der Waals surface area (Å²) in [7, 11) is -3.34. The maximum atomic E-state index is 12.3. The molecule has 0 saturated carbocycles. The molecule has 0 aliphatic carbocycles. The average molecular weight is 336 g/mol. The highest BCUT2D eigenvalue weighted by molar-refractivity contribution is 8.00. The molecule has 0 aromatic carbocycles. The van der Waals surface area contributed by atoms with Crippen molar-refractivity contribution in [3.05, 3.63) is 0 Å². The zero-order chi connectivity index (χ0) is 14.8. The summed E-state index contributed by atoms with van der Waals surface area (Å²) >= 11 is 3.07. The van der Waals surface area contributed by atoms with Gasteiger partial charge in [0.15, 0.2) is 15.7 Å². The Morgan fingerprint density at radius 3 is 2.85 bits per heavy atom. The van der Waals surface area contributed by atoms with Gasteiger partial charge in [0.1, 0.15) is 9.90 Å². The van der Waals surface area contributed by atoms with Crippen LogP contribution in [0.2, 0.25) is 0 Å². The smallest absolute Gasteiger partial charge is 0.185 e. The maximum absolute atomic E-state index is 12.3. The number of rotatable bonds is 6. The van der Waals surface area contributed by atoms with Gasteiger partial charge in [0.25, 0.3) is 0 Å². The van der Waals surface area contributed by atoms with E-state index in [1.54, 1.807) is 0 Å². The van der Waals surface area contributed by atoms with Crippen LogP contribution in [-0.2, 0) is 9.84 Å². The second-order valence-electron chi connectivity index (χ2n) is 5.30. The summed E-state index contributed by atoms with van der Waals surface area (Å²) in [5.41, 5.74) is 5.75. The molecule has 1 aromatic heterocycles. The molecule has 0 amide bonds. The molecule has 1 aliphatic rings. The third-order valence-electron chi connectivity index (χ3n) is 3.38. The number of thioether (sulfide) groups is 1. The monoisotopic (exact) mass is 335 g/mol. The predicted molar refractivity (Wildman–Crippen MR) is 87.5 cm³/mol. The minimum Gasteiger partial charge on any atom is -0.382 e. The summed E-state index contributed by atoms with van der Waals surface area (Å²) in [6, 6.07) is 0. The molecule has 3 N–H and O–H groups in total. The third-order valence-corrected chi connectivity index (χ3v) is 7.85. The highest BCUT2D eigenvalue weighted by Crippen LogP contribution is 2.39. The summed E-state index contributed by atoms with van der Waals surface area (Å²) in [6.07, 6.45) is 2.94. The lowest BCUT2D eigenvalue weighted by Gasteiger charge is -2.23. The summed E-state index contributed by atoms with van der Waals surface area (Å²) in [5.74, 6) is 1.40. The minimum atomic E-state index is -3.34. The fraction of sp³-hybridized carbons (Fsp3) is 0.750. The van der Waals surface area contributed by atoms with Crippen LogP contribution in [0.5, 0.6) is 0 Å². The minimum absolute atomic E-state index is 0.107. The van der Waals surface area contributed by atoms with Gasteiger partial charge in [-0.3, -0.25) is 0 Å². The van der Waals surface area contributed by atoms with E-state index in [1.807, 2.05) is 18.7 Å². The Morgan fingerprint density at radius 2 is 2.25 bits per heavy atom. The largest absolute Gasteiger partial charge is 0.382 e. The lowest BCUT2D eigenvalue weighted by molar-refractivity contribution is 0.595. The molecular formula is C12H21N3O2S3. The molecule has 1 saturated heterocycles. The Labute approximate surface area is 128 Å². The van der Waals surface area contributed by atoms with Gasteiger partial charge in [0.2, 0.25) is 0 Å². The normalized spacial score (nSPS) is 23.1. The number of sulfone groups is 1. The van der Waals surface area contributed by atoms with Gasteiger partial charge < -0.3 is 11.1 Å². The quantitative estimate of drug-likeness (QED) is 0.831. The predicted octanol–water partition coefficient (Wildman–Crippen LogP) is 2.61. The second kappa shape index (κ2) is 6.11. The maximum Gasteiger partial charge on any atom is 0.185 e. The topological polar surface area (TPSA) is 85.1 Å². The van der Waals surface area contributed by atoms with Crippen LogP contribution in [0.25, 0.3) is 0 Å². The van der Waals surface area contributed by atoms with E-state index in [4.69, 9.17) is 5.73 Å². The first-order valence-corrected chi connectivity index (χ1v) is 10.1. The molecule has 1 fully saturated rings. The van der Waals surface area contributed by atoms with Crippen molar-refractivity contribution in [1.29, 1.82) is 0 Å². The average Bonchev–Trinajstić information content (AvgIpc) is 2.94. The van der Waals surface area contributed by atoms with Crippen molar-refractivity contribution in [3.63, 3.8) is 0 Å². The Kier molecular flexibility index (Phi) is 4.86. The van der Waals surface area contributed by atoms with Gasteiger partial charge >= 0.3 is 0 Å². The van der Waals surface area contributed by atoms with E-state index < -0.39 is 9.84 Å². The zero-order valence-corrected chi connectivity index (χ0v) is 14.3. The second-order valence-corrected chi connectivity index (χ2v) is 9.80. The van der Waals surface area contributed by atoms with Crippen molar-refractivity contribution >= 4 is 44.0 Å². The zero-order valence-electron chi connectivity index (χ0n) is 11.8. The van der Waals surface area contributed by atoms with Crippen LogP contribution in [0.1, 0.15) is 33.1 Å². The fourth-order valence-corrected chi connectivity index (χ4v) is 6.18. The van der Waals surface area contributed by atoms with Gasteiger partial charge in [-0.2, -0.15) is 16.1 Å². The van der Waals surface area contributed by atoms with E-state index in [0.717, 1.165) is 24.5 Å². The molecule has 2 heterocycles. The van der Waals surface area contributed by atoms with Crippen LogP contribution in [0.3, 0.4) is 0 Å². The Balaban J connectivity index is 2.17. The molecule has 8 heteroatoms. The molecule has 20 heavy (non-hydrogen) atoms. The lowest BCUT2D eigenvalue weighted by Crippen LogP contribution is -2.27. The van der Waals surface area contributed by atoms with Gasteiger partial charge in [-0.25, -0.2) is 8.42 Å². The van der Waals surface area contributed by atoms with Gasteiger partial charge in [-0.1, -0.05) is 6.92 Å². The van der Waals surface area contributed by atoms with E-state index >= 15 is 0 Å². The van der Waals surface area contributed by atoms with Crippen molar-refractivity contribution in [1.82, 2.24) is 4.37 Å². The van der Waals surface area contributed by atoms with E-state index in [1.165, 1.54) is 12.2 Å². The summed E-state index contributed by atoms with van der Waals surface area (Å²) in [5, 5.41) is 3.84. The number of nitrogens with two attached hydrogens (primary N) is 1. The number of anilines is 2. The number of nitrogens with one attached hydrogen (secondary N) is 1. The number of aromatic nitrogens is 1. The summed E-state index contributed by atoms with van der Waals surface area (Å²) < 4.78 is 28.7. The van der Waals surface area contributed by atoms with Gasteiger partial charge in [-0.15, -0.1) is 0 Å². The van der Waals surface area contributed by atoms with Gasteiger partial charge in [0, 0.05) is 11.3 Å². The van der Waals surface area contributed by atoms with Crippen molar-refractivity contribution < 1.29 is 8.42 Å². The van der Waals surface area contributed by atoms with Crippen molar-refractivity contribution in [2.75, 3.05) is 29.1 Å². The van der Waals surface area contributed by atoms with Crippen LogP contribution in [0, 0.1) is 0 Å². The molecule has 1 unspecified atom stereocenters. The van der Waals surface area contributed by atoms with Crippen LogP contribution in [0.15, 0.2) is 4.90 Å². The molecular weight excluding hydrogens is 314 g/mol. The van der Waals surface area contributed by atoms with Crippen molar-refractivity contribution in [3.8, 4) is 0 Å². The molecule has 5 nitrogen and oxygen atoms in total. The third kappa shape index (κ3) is 3.40. The molecule has 0 bridgehead atoms. The summed E-state index contributed by atoms with van der Waals surface area (Å²) in [4.78, 5) is 0.191. The molecule has 0 radical (unpaired) electrons. The standard InChI is InChI=1S/C12H21N3O2S3/c1-3-7-20(16,17)9-10(13)15-19-11(9)14-8-12(2)5-4-6-18-12/h14H,3-8H2,1-2H3,(H2,13,15). The van der Waals surface area contributed by atoms with Crippen LogP contribution in [0.4, 0.5) is 10.8 Å². The molecule has 2 rings (SSSR count). The SMILES string of the molecule is CCCS(=O)(=O)c1c(N)nsc1NCC1(C)CCCS1. The number of nitrogens with zero attached hydrogens (tertiary/aromatic N) is 1. The Hall–Kier alpha value is -0.470. The molecule has 0 spiro atoms. The lowest BCUT2D eigenvalue weighted by atomic mass is 10.1. The van der Waals surface area contributed by atoms with E-state index in [0.29, 0.717) is 11.4 Å². The van der Waals surface area contributed by atoms with E-state index in [2.05, 4.69) is 16.6 Å². The van der Waals surface area contributed by atoms with Crippen molar-refractivity contribution in [2.24, 2.45) is 0 Å². The molecule has 1 aromatic rings. The highest BCUT2D eigenvalue weighted by atomic mass is 32.2. The number of hydrogen-bond donors (Lipinski definition) is 2. The van der Waals surface area contributed by atoms with Crippen LogP contribution >= 0.6 is 23.3 Å². The van der Waals surface area contributed by atoms with Gasteiger partial charge in [0.05, 0.1) is 5.75 Å². The van der Waals surface area contributed by atoms with E-state index in [-0.39, 0.29) is 21.2 Å². The first kappa shape index (κ1) is 15.9. The number of nitrogen functional groups attached to an aromatic ring is 1. The fourth-order valence-electron chi connectivity index (χ4n) is 2.32. The first-order valence-electron chi connectivity index (χ1n) is 6.74. The van der Waals surface area contributed by atoms with E-state index in [9.17, 15) is 8.42 Å². The summed E-state index contributed by atoms with van der Waals surface area (Å²) in [6.45, 7) is 4.80. The van der Waals surface area contributed by atoms with Crippen LogP contribution in [-0.4, -0.2) is 35.6 Å². The molecule has 1 aliphatic heterocycles. The van der Waals surface area contributed by atoms with Crippen LogP contribution < -0.4 is 11.1 Å². The highest BCUT2D eigenvalue weighted by Gasteiger charge is 2.31. The first-order chi connectivity index (χ1) is 9.38. The Bertz CT molecular complexity index is 563. The number of hydrogen-bond acceptors (Lipinski definition) is 7. The Morgan fingerprint density at radius 1 is 1.50 bits per heavy atom. The van der Waals surface area contributed by atoms with Gasteiger partial charge in [-0.05, 0) is 43.5 Å².